The maximum atomic E-state index is 13.9. The second-order valence-electron chi connectivity index (χ2n) is 6.11. The smallest absolute Gasteiger partial charge is 0.253 e. The Labute approximate surface area is 136 Å². The van der Waals surface area contributed by atoms with Gasteiger partial charge >= 0.3 is 0 Å². The molecule has 2 aromatic rings. The molecular formula is C19H21FN2O. The molecule has 1 saturated heterocycles. The van der Waals surface area contributed by atoms with Crippen molar-refractivity contribution in [1.29, 1.82) is 0 Å². The summed E-state index contributed by atoms with van der Waals surface area (Å²) in [5, 5.41) is 0. The minimum absolute atomic E-state index is 0.0602. The third kappa shape index (κ3) is 3.36. The first-order valence-corrected chi connectivity index (χ1v) is 7.91. The standard InChI is InChI=1S/C19H21FN2O/c1-14-11-15(2)13-16(12-14)19(23)22-9-7-21(8-10-22)18-6-4-3-5-17(18)20/h3-6,11-13H,7-10H2,1-2H3. The number of carbonyl (C=O) groups excluding carboxylic acids is 1. The maximum Gasteiger partial charge on any atom is 0.253 e. The van der Waals surface area contributed by atoms with Crippen LogP contribution >= 0.6 is 0 Å². The highest BCUT2D eigenvalue weighted by molar-refractivity contribution is 5.94. The predicted octanol–water partition coefficient (Wildman–Crippen LogP) is 3.40. The average molecular weight is 312 g/mol. The topological polar surface area (TPSA) is 23.6 Å². The van der Waals surface area contributed by atoms with E-state index < -0.39 is 0 Å². The first-order valence-electron chi connectivity index (χ1n) is 7.91. The van der Waals surface area contributed by atoms with Crippen molar-refractivity contribution < 1.29 is 9.18 Å². The molecule has 4 heteroatoms. The van der Waals surface area contributed by atoms with Crippen molar-refractivity contribution >= 4 is 11.6 Å². The number of para-hydroxylation sites is 1. The second-order valence-corrected chi connectivity index (χ2v) is 6.11. The van der Waals surface area contributed by atoms with Crippen molar-refractivity contribution in [2.24, 2.45) is 0 Å². The highest BCUT2D eigenvalue weighted by atomic mass is 19.1. The third-order valence-electron chi connectivity index (χ3n) is 4.23. The van der Waals surface area contributed by atoms with Crippen molar-refractivity contribution in [3.63, 3.8) is 0 Å². The molecule has 2 aromatic carbocycles. The fourth-order valence-corrected chi connectivity index (χ4v) is 3.14. The van der Waals surface area contributed by atoms with Crippen molar-refractivity contribution in [1.82, 2.24) is 4.90 Å². The molecule has 0 N–H and O–H groups in total. The summed E-state index contributed by atoms with van der Waals surface area (Å²) in [5.74, 6) is -0.147. The molecule has 1 fully saturated rings. The van der Waals surface area contributed by atoms with E-state index in [2.05, 4.69) is 6.07 Å². The van der Waals surface area contributed by atoms with E-state index >= 15 is 0 Å². The molecule has 0 saturated carbocycles. The summed E-state index contributed by atoms with van der Waals surface area (Å²) in [4.78, 5) is 16.5. The molecule has 1 aliphatic heterocycles. The Kier molecular flexibility index (Phi) is 4.33. The normalized spacial score (nSPS) is 14.9. The minimum Gasteiger partial charge on any atom is -0.366 e. The van der Waals surface area contributed by atoms with Gasteiger partial charge in [-0.1, -0.05) is 29.3 Å². The molecule has 23 heavy (non-hydrogen) atoms. The van der Waals surface area contributed by atoms with E-state index in [4.69, 9.17) is 0 Å². The summed E-state index contributed by atoms with van der Waals surface area (Å²) in [6, 6.07) is 12.7. The van der Waals surface area contributed by atoms with E-state index in [-0.39, 0.29) is 11.7 Å². The van der Waals surface area contributed by atoms with Gasteiger partial charge in [0.15, 0.2) is 0 Å². The summed E-state index contributed by atoms with van der Waals surface area (Å²) in [7, 11) is 0. The average Bonchev–Trinajstić information content (AvgIpc) is 2.54. The number of nitrogens with zero attached hydrogens (tertiary/aromatic N) is 2. The number of benzene rings is 2. The molecule has 3 nitrogen and oxygen atoms in total. The number of amides is 1. The lowest BCUT2D eigenvalue weighted by atomic mass is 10.1. The zero-order chi connectivity index (χ0) is 16.4. The van der Waals surface area contributed by atoms with Gasteiger partial charge in [-0.3, -0.25) is 4.79 Å². The van der Waals surface area contributed by atoms with Crippen LogP contribution in [0.3, 0.4) is 0 Å². The first kappa shape index (κ1) is 15.5. The Balaban J connectivity index is 1.69. The van der Waals surface area contributed by atoms with Gasteiger partial charge in [0, 0.05) is 31.7 Å². The van der Waals surface area contributed by atoms with Crippen LogP contribution in [0.5, 0.6) is 0 Å². The van der Waals surface area contributed by atoms with E-state index in [0.717, 1.165) is 16.7 Å². The summed E-state index contributed by atoms with van der Waals surface area (Å²) in [6.45, 7) is 6.52. The zero-order valence-corrected chi connectivity index (χ0v) is 13.6. The first-order chi connectivity index (χ1) is 11.0. The van der Waals surface area contributed by atoms with Crippen molar-refractivity contribution in [2.75, 3.05) is 31.1 Å². The SMILES string of the molecule is Cc1cc(C)cc(C(=O)N2CCN(c3ccccc3F)CC2)c1. The highest BCUT2D eigenvalue weighted by Gasteiger charge is 2.23. The Bertz CT molecular complexity index is 701. The number of hydrogen-bond acceptors (Lipinski definition) is 2. The van der Waals surface area contributed by atoms with E-state index in [1.807, 2.05) is 41.8 Å². The molecular weight excluding hydrogens is 291 g/mol. The number of aryl methyl sites for hydroxylation is 2. The molecule has 0 bridgehead atoms. The Hall–Kier alpha value is -2.36. The van der Waals surface area contributed by atoms with Gasteiger partial charge in [-0.15, -0.1) is 0 Å². The molecule has 1 amide bonds. The number of piperazine rings is 1. The van der Waals surface area contributed by atoms with Gasteiger partial charge in [0.05, 0.1) is 5.69 Å². The number of hydrogen-bond donors (Lipinski definition) is 0. The summed E-state index contributed by atoms with van der Waals surface area (Å²) in [5.41, 5.74) is 3.55. The van der Waals surface area contributed by atoms with Gasteiger partial charge in [-0.2, -0.15) is 0 Å². The number of anilines is 1. The minimum atomic E-state index is -0.207. The number of rotatable bonds is 2. The fourth-order valence-electron chi connectivity index (χ4n) is 3.14. The van der Waals surface area contributed by atoms with Crippen LogP contribution < -0.4 is 4.90 Å². The largest absolute Gasteiger partial charge is 0.366 e. The van der Waals surface area contributed by atoms with Gasteiger partial charge in [-0.05, 0) is 38.1 Å². The molecule has 0 unspecified atom stereocenters. The van der Waals surface area contributed by atoms with Crippen LogP contribution in [0.2, 0.25) is 0 Å². The number of halogens is 1. The lowest BCUT2D eigenvalue weighted by Crippen LogP contribution is -2.49. The van der Waals surface area contributed by atoms with Crippen LogP contribution in [0.1, 0.15) is 21.5 Å². The van der Waals surface area contributed by atoms with Gasteiger partial charge in [0.25, 0.3) is 5.91 Å². The monoisotopic (exact) mass is 312 g/mol. The lowest BCUT2D eigenvalue weighted by molar-refractivity contribution is 0.0746. The summed E-state index contributed by atoms with van der Waals surface area (Å²) in [6.07, 6.45) is 0. The summed E-state index contributed by atoms with van der Waals surface area (Å²) >= 11 is 0. The molecule has 0 aromatic heterocycles. The molecule has 0 spiro atoms. The van der Waals surface area contributed by atoms with Gasteiger partial charge in [-0.25, -0.2) is 4.39 Å². The quantitative estimate of drug-likeness (QED) is 0.848. The Morgan fingerprint density at radius 3 is 2.17 bits per heavy atom. The molecule has 1 aliphatic rings. The van der Waals surface area contributed by atoms with E-state index in [9.17, 15) is 9.18 Å². The molecule has 0 atom stereocenters. The molecule has 120 valence electrons. The Morgan fingerprint density at radius 2 is 1.57 bits per heavy atom. The predicted molar refractivity (Wildman–Crippen MR) is 90.4 cm³/mol. The lowest BCUT2D eigenvalue weighted by Gasteiger charge is -2.36. The number of carbonyl (C=O) groups is 1. The van der Waals surface area contributed by atoms with Crippen LogP contribution in [-0.2, 0) is 0 Å². The Morgan fingerprint density at radius 1 is 0.957 bits per heavy atom. The molecule has 1 heterocycles. The fraction of sp³-hybridized carbons (Fsp3) is 0.316. The molecule has 0 radical (unpaired) electrons. The molecule has 3 rings (SSSR count). The third-order valence-corrected chi connectivity index (χ3v) is 4.23. The van der Waals surface area contributed by atoms with Crippen LogP contribution in [0.15, 0.2) is 42.5 Å². The summed E-state index contributed by atoms with van der Waals surface area (Å²) < 4.78 is 13.9. The van der Waals surface area contributed by atoms with Gasteiger partial charge in [0.2, 0.25) is 0 Å². The van der Waals surface area contributed by atoms with Crippen LogP contribution in [0, 0.1) is 19.7 Å². The van der Waals surface area contributed by atoms with E-state index in [1.54, 1.807) is 12.1 Å². The van der Waals surface area contributed by atoms with Crippen molar-refractivity contribution in [3.8, 4) is 0 Å². The zero-order valence-electron chi connectivity index (χ0n) is 13.6. The second kappa shape index (κ2) is 6.41. The van der Waals surface area contributed by atoms with Crippen molar-refractivity contribution in [2.45, 2.75) is 13.8 Å². The van der Waals surface area contributed by atoms with Crippen LogP contribution in [-0.4, -0.2) is 37.0 Å². The van der Waals surface area contributed by atoms with E-state index in [1.165, 1.54) is 6.07 Å². The molecule has 0 aliphatic carbocycles. The maximum absolute atomic E-state index is 13.9. The van der Waals surface area contributed by atoms with Crippen molar-refractivity contribution in [3.05, 3.63) is 65.0 Å². The van der Waals surface area contributed by atoms with E-state index in [0.29, 0.717) is 31.9 Å². The van der Waals surface area contributed by atoms with Gasteiger partial charge < -0.3 is 9.80 Å². The van der Waals surface area contributed by atoms with Gasteiger partial charge in [0.1, 0.15) is 5.82 Å². The highest BCUT2D eigenvalue weighted by Crippen LogP contribution is 2.21. The van der Waals surface area contributed by atoms with Crippen LogP contribution in [0.4, 0.5) is 10.1 Å². The van der Waals surface area contributed by atoms with Crippen LogP contribution in [0.25, 0.3) is 0 Å².